The number of hydrogen-bond donors (Lipinski definition) is 0. The summed E-state index contributed by atoms with van der Waals surface area (Å²) >= 11 is 0. The van der Waals surface area contributed by atoms with Gasteiger partial charge in [0.05, 0.1) is 0 Å². The van der Waals surface area contributed by atoms with Crippen LogP contribution in [0.3, 0.4) is 0 Å². The normalized spacial score (nSPS) is 33.4. The van der Waals surface area contributed by atoms with Crippen LogP contribution in [0.2, 0.25) is 0 Å². The maximum atomic E-state index is 2.69. The van der Waals surface area contributed by atoms with Crippen molar-refractivity contribution in [1.29, 1.82) is 0 Å². The van der Waals surface area contributed by atoms with Crippen molar-refractivity contribution in [3.63, 3.8) is 0 Å². The molecule has 0 radical (unpaired) electrons. The van der Waals surface area contributed by atoms with E-state index in [4.69, 9.17) is 0 Å². The van der Waals surface area contributed by atoms with Gasteiger partial charge in [-0.15, -0.1) is 0 Å². The van der Waals surface area contributed by atoms with Crippen molar-refractivity contribution in [2.75, 3.05) is 39.3 Å². The van der Waals surface area contributed by atoms with Crippen LogP contribution in [0.15, 0.2) is 0 Å². The highest BCUT2D eigenvalue weighted by Gasteiger charge is 2.33. The van der Waals surface area contributed by atoms with Crippen molar-refractivity contribution < 1.29 is 0 Å². The van der Waals surface area contributed by atoms with Gasteiger partial charge in [0, 0.05) is 6.54 Å². The number of piperidine rings is 1. The number of nitrogens with zero attached hydrogens (tertiary/aromatic N) is 2. The Morgan fingerprint density at radius 3 is 2.41 bits per heavy atom. The zero-order valence-corrected chi connectivity index (χ0v) is 12.0. The van der Waals surface area contributed by atoms with Crippen LogP contribution < -0.4 is 0 Å². The van der Waals surface area contributed by atoms with Gasteiger partial charge in [-0.3, -0.25) is 0 Å². The fourth-order valence-electron chi connectivity index (χ4n) is 3.31. The maximum Gasteiger partial charge on any atom is 0.00362 e. The van der Waals surface area contributed by atoms with E-state index < -0.39 is 0 Å². The molecule has 0 spiro atoms. The summed E-state index contributed by atoms with van der Waals surface area (Å²) in [5.41, 5.74) is 0.596. The summed E-state index contributed by atoms with van der Waals surface area (Å²) in [6.45, 7) is 15.1. The molecule has 1 unspecified atom stereocenters. The molecular formula is C15H30N2. The van der Waals surface area contributed by atoms with E-state index >= 15 is 0 Å². The molecule has 2 fully saturated rings. The van der Waals surface area contributed by atoms with Crippen LogP contribution in [0.25, 0.3) is 0 Å². The second-order valence-electron chi connectivity index (χ2n) is 6.70. The van der Waals surface area contributed by atoms with Crippen LogP contribution in [0.4, 0.5) is 0 Å². The Morgan fingerprint density at radius 2 is 1.82 bits per heavy atom. The van der Waals surface area contributed by atoms with Gasteiger partial charge in [-0.25, -0.2) is 0 Å². The Kier molecular flexibility index (Phi) is 4.48. The quantitative estimate of drug-likeness (QED) is 0.743. The van der Waals surface area contributed by atoms with E-state index in [-0.39, 0.29) is 0 Å². The Bertz CT molecular complexity index is 233. The minimum Gasteiger partial charge on any atom is -0.303 e. The highest BCUT2D eigenvalue weighted by atomic mass is 15.2. The first-order chi connectivity index (χ1) is 8.11. The lowest BCUT2D eigenvalue weighted by molar-refractivity contribution is 0.159. The monoisotopic (exact) mass is 238 g/mol. The van der Waals surface area contributed by atoms with E-state index in [1.165, 1.54) is 65.0 Å². The average molecular weight is 238 g/mol. The molecule has 0 bridgehead atoms. The SMILES string of the molecule is CCN1CCC(C)(CCN2CCC(C)CC2)C1. The topological polar surface area (TPSA) is 6.48 Å². The summed E-state index contributed by atoms with van der Waals surface area (Å²) in [5.74, 6) is 0.962. The molecule has 2 saturated heterocycles. The van der Waals surface area contributed by atoms with Crippen LogP contribution in [-0.2, 0) is 0 Å². The molecule has 0 aromatic carbocycles. The van der Waals surface area contributed by atoms with Gasteiger partial charge >= 0.3 is 0 Å². The van der Waals surface area contributed by atoms with Crippen molar-refractivity contribution in [3.05, 3.63) is 0 Å². The number of likely N-dealkylation sites (tertiary alicyclic amines) is 2. The zero-order chi connectivity index (χ0) is 12.3. The molecule has 100 valence electrons. The molecule has 0 aliphatic carbocycles. The predicted octanol–water partition coefficient (Wildman–Crippen LogP) is 2.84. The van der Waals surface area contributed by atoms with E-state index in [0.717, 1.165) is 5.92 Å². The lowest BCUT2D eigenvalue weighted by Gasteiger charge is -2.33. The van der Waals surface area contributed by atoms with E-state index in [1.54, 1.807) is 0 Å². The first-order valence-electron chi connectivity index (χ1n) is 7.56. The molecule has 0 aromatic rings. The van der Waals surface area contributed by atoms with Gasteiger partial charge in [-0.2, -0.15) is 0 Å². The molecule has 0 aromatic heterocycles. The lowest BCUT2D eigenvalue weighted by Crippen LogP contribution is -2.36. The highest BCUT2D eigenvalue weighted by molar-refractivity contribution is 4.87. The van der Waals surface area contributed by atoms with Gasteiger partial charge in [-0.05, 0) is 69.7 Å². The first kappa shape index (κ1) is 13.4. The third-order valence-electron chi connectivity index (χ3n) is 4.99. The molecule has 2 rings (SSSR count). The van der Waals surface area contributed by atoms with Crippen LogP contribution in [0, 0.1) is 11.3 Å². The standard InChI is InChI=1S/C15H30N2/c1-4-16-11-7-15(3,13-16)8-12-17-9-5-14(2)6-10-17/h14H,4-13H2,1-3H3. The number of rotatable bonds is 4. The van der Waals surface area contributed by atoms with Crippen LogP contribution in [-0.4, -0.2) is 49.1 Å². The van der Waals surface area contributed by atoms with Crippen molar-refractivity contribution >= 4 is 0 Å². The lowest BCUT2D eigenvalue weighted by atomic mass is 9.85. The molecule has 0 N–H and O–H groups in total. The van der Waals surface area contributed by atoms with Gasteiger partial charge in [0.25, 0.3) is 0 Å². The van der Waals surface area contributed by atoms with Gasteiger partial charge < -0.3 is 9.80 Å². The maximum absolute atomic E-state index is 2.69. The second kappa shape index (κ2) is 5.71. The summed E-state index contributed by atoms with van der Waals surface area (Å²) in [5, 5.41) is 0. The molecule has 2 aliphatic rings. The van der Waals surface area contributed by atoms with Crippen molar-refractivity contribution in [1.82, 2.24) is 9.80 Å². The van der Waals surface area contributed by atoms with Crippen LogP contribution >= 0.6 is 0 Å². The third-order valence-corrected chi connectivity index (χ3v) is 4.99. The fraction of sp³-hybridized carbons (Fsp3) is 1.00. The van der Waals surface area contributed by atoms with Crippen LogP contribution in [0.1, 0.15) is 46.5 Å². The van der Waals surface area contributed by atoms with Crippen molar-refractivity contribution in [2.45, 2.75) is 46.5 Å². The molecule has 2 nitrogen and oxygen atoms in total. The summed E-state index contributed by atoms with van der Waals surface area (Å²) in [4.78, 5) is 5.30. The van der Waals surface area contributed by atoms with E-state index in [0.29, 0.717) is 5.41 Å². The van der Waals surface area contributed by atoms with Crippen molar-refractivity contribution in [3.8, 4) is 0 Å². The molecule has 2 heterocycles. The zero-order valence-electron chi connectivity index (χ0n) is 12.0. The first-order valence-corrected chi connectivity index (χ1v) is 7.56. The molecule has 17 heavy (non-hydrogen) atoms. The smallest absolute Gasteiger partial charge is 0.00362 e. The van der Waals surface area contributed by atoms with Gasteiger partial charge in [0.2, 0.25) is 0 Å². The van der Waals surface area contributed by atoms with E-state index in [9.17, 15) is 0 Å². The molecule has 1 atom stereocenters. The Labute approximate surface area is 107 Å². The Hall–Kier alpha value is -0.0800. The van der Waals surface area contributed by atoms with Crippen molar-refractivity contribution in [2.24, 2.45) is 11.3 Å². The minimum atomic E-state index is 0.596. The van der Waals surface area contributed by atoms with Gasteiger partial charge in [-0.1, -0.05) is 20.8 Å². The molecule has 0 amide bonds. The summed E-state index contributed by atoms with van der Waals surface area (Å²) in [7, 11) is 0. The Morgan fingerprint density at radius 1 is 1.12 bits per heavy atom. The average Bonchev–Trinajstić information content (AvgIpc) is 2.71. The predicted molar refractivity (Wildman–Crippen MR) is 74.3 cm³/mol. The van der Waals surface area contributed by atoms with Crippen LogP contribution in [0.5, 0.6) is 0 Å². The summed E-state index contributed by atoms with van der Waals surface area (Å²) < 4.78 is 0. The summed E-state index contributed by atoms with van der Waals surface area (Å²) in [6.07, 6.45) is 5.64. The van der Waals surface area contributed by atoms with Gasteiger partial charge in [0.15, 0.2) is 0 Å². The highest BCUT2D eigenvalue weighted by Crippen LogP contribution is 2.33. The van der Waals surface area contributed by atoms with Gasteiger partial charge in [0.1, 0.15) is 0 Å². The second-order valence-corrected chi connectivity index (χ2v) is 6.70. The fourth-order valence-corrected chi connectivity index (χ4v) is 3.31. The summed E-state index contributed by atoms with van der Waals surface area (Å²) in [6, 6.07) is 0. The molecule has 0 saturated carbocycles. The third kappa shape index (κ3) is 3.69. The minimum absolute atomic E-state index is 0.596. The molecular weight excluding hydrogens is 208 g/mol. The molecule has 2 aliphatic heterocycles. The molecule has 2 heteroatoms. The number of hydrogen-bond acceptors (Lipinski definition) is 2. The van der Waals surface area contributed by atoms with E-state index in [1.807, 2.05) is 0 Å². The van der Waals surface area contributed by atoms with E-state index in [2.05, 4.69) is 30.6 Å². The largest absolute Gasteiger partial charge is 0.303 e. The Balaban J connectivity index is 1.71.